The minimum atomic E-state index is -0.0923. The lowest BCUT2D eigenvalue weighted by Crippen LogP contribution is -2.10. The maximum absolute atomic E-state index is 11.1. The second-order valence-corrected chi connectivity index (χ2v) is 4.79. The van der Waals surface area contributed by atoms with Crippen molar-refractivity contribution in [2.75, 3.05) is 10.6 Å². The highest BCUT2D eigenvalue weighted by Crippen LogP contribution is 2.21. The fourth-order valence-corrected chi connectivity index (χ4v) is 1.95. The van der Waals surface area contributed by atoms with Crippen LogP contribution in [-0.4, -0.2) is 15.9 Å². The molecule has 1 aromatic heterocycles. The van der Waals surface area contributed by atoms with E-state index in [9.17, 15) is 4.79 Å². The topological polar surface area (TPSA) is 66.9 Å². The number of hydrogen-bond acceptors (Lipinski definition) is 4. The SMILES string of the molecule is CC(=O)Nc1cccc(C(C)Nc2cc(Cl)ncn2)c1. The number of aromatic nitrogens is 2. The Morgan fingerprint density at radius 2 is 2.10 bits per heavy atom. The van der Waals surface area contributed by atoms with E-state index in [2.05, 4.69) is 20.6 Å². The lowest BCUT2D eigenvalue weighted by Gasteiger charge is -2.16. The molecular formula is C14H15ClN4O. The highest BCUT2D eigenvalue weighted by atomic mass is 35.5. The summed E-state index contributed by atoms with van der Waals surface area (Å²) in [6.45, 7) is 3.49. The molecule has 6 heteroatoms. The molecule has 0 fully saturated rings. The quantitative estimate of drug-likeness (QED) is 0.848. The van der Waals surface area contributed by atoms with Crippen molar-refractivity contribution in [3.63, 3.8) is 0 Å². The normalized spacial score (nSPS) is 11.8. The van der Waals surface area contributed by atoms with Crippen molar-refractivity contribution < 1.29 is 4.79 Å². The largest absolute Gasteiger partial charge is 0.363 e. The van der Waals surface area contributed by atoms with Gasteiger partial charge in [0.2, 0.25) is 5.91 Å². The van der Waals surface area contributed by atoms with Crippen LogP contribution in [0.5, 0.6) is 0 Å². The summed E-state index contributed by atoms with van der Waals surface area (Å²) in [7, 11) is 0. The third-order valence-electron chi connectivity index (χ3n) is 2.71. The Labute approximate surface area is 122 Å². The number of rotatable bonds is 4. The van der Waals surface area contributed by atoms with E-state index in [4.69, 9.17) is 11.6 Å². The predicted octanol–water partition coefficient (Wildman–Crippen LogP) is 3.26. The standard InChI is InChI=1S/C14H15ClN4O/c1-9(18-14-7-13(15)16-8-17-14)11-4-3-5-12(6-11)19-10(2)20/h3-9H,1-2H3,(H,19,20)(H,16,17,18). The number of anilines is 2. The molecule has 5 nitrogen and oxygen atoms in total. The molecule has 0 saturated carbocycles. The molecule has 0 spiro atoms. The van der Waals surface area contributed by atoms with Gasteiger partial charge in [0.25, 0.3) is 0 Å². The molecule has 1 atom stereocenters. The zero-order chi connectivity index (χ0) is 14.5. The van der Waals surface area contributed by atoms with Crippen molar-refractivity contribution in [3.05, 3.63) is 47.4 Å². The Hall–Kier alpha value is -2.14. The number of benzene rings is 1. The van der Waals surface area contributed by atoms with E-state index in [1.807, 2.05) is 31.2 Å². The Kier molecular flexibility index (Phi) is 4.53. The van der Waals surface area contributed by atoms with Crippen LogP contribution in [0.25, 0.3) is 0 Å². The first-order chi connectivity index (χ1) is 9.54. The Bertz CT molecular complexity index is 618. The molecule has 0 bridgehead atoms. The number of amides is 1. The van der Waals surface area contributed by atoms with Crippen molar-refractivity contribution in [3.8, 4) is 0 Å². The van der Waals surface area contributed by atoms with Gasteiger partial charge in [-0.1, -0.05) is 23.7 Å². The fourth-order valence-electron chi connectivity index (χ4n) is 1.81. The van der Waals surface area contributed by atoms with Gasteiger partial charge < -0.3 is 10.6 Å². The van der Waals surface area contributed by atoms with Crippen LogP contribution < -0.4 is 10.6 Å². The number of hydrogen-bond donors (Lipinski definition) is 2. The van der Waals surface area contributed by atoms with Gasteiger partial charge in [-0.25, -0.2) is 9.97 Å². The van der Waals surface area contributed by atoms with E-state index in [0.717, 1.165) is 11.3 Å². The van der Waals surface area contributed by atoms with Crippen LogP contribution in [0, 0.1) is 0 Å². The van der Waals surface area contributed by atoms with E-state index >= 15 is 0 Å². The Morgan fingerprint density at radius 1 is 1.30 bits per heavy atom. The second-order valence-electron chi connectivity index (χ2n) is 4.40. The van der Waals surface area contributed by atoms with Gasteiger partial charge in [-0.15, -0.1) is 0 Å². The molecule has 1 heterocycles. The first-order valence-electron chi connectivity index (χ1n) is 6.16. The molecule has 2 rings (SSSR count). The average Bonchev–Trinajstić information content (AvgIpc) is 2.38. The molecule has 104 valence electrons. The van der Waals surface area contributed by atoms with Gasteiger partial charge in [-0.05, 0) is 24.6 Å². The minimum absolute atomic E-state index is 0.0228. The van der Waals surface area contributed by atoms with Crippen LogP contribution in [0.2, 0.25) is 5.15 Å². The van der Waals surface area contributed by atoms with Gasteiger partial charge in [0.15, 0.2) is 0 Å². The van der Waals surface area contributed by atoms with E-state index in [1.54, 1.807) is 6.07 Å². The van der Waals surface area contributed by atoms with Gasteiger partial charge in [0, 0.05) is 18.7 Å². The van der Waals surface area contributed by atoms with Gasteiger partial charge in [-0.3, -0.25) is 4.79 Å². The highest BCUT2D eigenvalue weighted by Gasteiger charge is 2.07. The van der Waals surface area contributed by atoms with Crippen molar-refractivity contribution in [2.45, 2.75) is 19.9 Å². The van der Waals surface area contributed by atoms with Gasteiger partial charge in [0.1, 0.15) is 17.3 Å². The lowest BCUT2D eigenvalue weighted by molar-refractivity contribution is -0.114. The third kappa shape index (κ3) is 3.93. The van der Waals surface area contributed by atoms with Crippen molar-refractivity contribution in [2.24, 2.45) is 0 Å². The van der Waals surface area contributed by atoms with Crippen molar-refractivity contribution in [1.82, 2.24) is 9.97 Å². The smallest absolute Gasteiger partial charge is 0.221 e. The second kappa shape index (κ2) is 6.34. The van der Waals surface area contributed by atoms with Gasteiger partial charge in [-0.2, -0.15) is 0 Å². The summed E-state index contributed by atoms with van der Waals surface area (Å²) >= 11 is 5.82. The summed E-state index contributed by atoms with van der Waals surface area (Å²) in [5, 5.41) is 6.38. The van der Waals surface area contributed by atoms with Crippen LogP contribution in [0.1, 0.15) is 25.5 Å². The van der Waals surface area contributed by atoms with E-state index in [-0.39, 0.29) is 11.9 Å². The summed E-state index contributed by atoms with van der Waals surface area (Å²) in [4.78, 5) is 19.0. The number of carbonyl (C=O) groups is 1. The molecule has 0 saturated heterocycles. The maximum Gasteiger partial charge on any atom is 0.221 e. The van der Waals surface area contributed by atoms with E-state index in [0.29, 0.717) is 11.0 Å². The molecule has 1 aromatic carbocycles. The number of carbonyl (C=O) groups excluding carboxylic acids is 1. The number of nitrogens with zero attached hydrogens (tertiary/aromatic N) is 2. The first kappa shape index (κ1) is 14.3. The highest BCUT2D eigenvalue weighted by molar-refractivity contribution is 6.29. The Morgan fingerprint density at radius 3 is 2.80 bits per heavy atom. The summed E-state index contributed by atoms with van der Waals surface area (Å²) in [6.07, 6.45) is 1.41. The van der Waals surface area contributed by atoms with Crippen molar-refractivity contribution in [1.29, 1.82) is 0 Å². The van der Waals surface area contributed by atoms with E-state index in [1.165, 1.54) is 13.3 Å². The van der Waals surface area contributed by atoms with E-state index < -0.39 is 0 Å². The molecule has 20 heavy (non-hydrogen) atoms. The maximum atomic E-state index is 11.1. The number of halogens is 1. The molecule has 2 aromatic rings. The molecule has 1 unspecified atom stereocenters. The van der Waals surface area contributed by atoms with Crippen LogP contribution in [0.15, 0.2) is 36.7 Å². The Balaban J connectivity index is 2.12. The first-order valence-corrected chi connectivity index (χ1v) is 6.54. The fraction of sp³-hybridized carbons (Fsp3) is 0.214. The van der Waals surface area contributed by atoms with Gasteiger partial charge in [0.05, 0.1) is 6.04 Å². The van der Waals surface area contributed by atoms with Crippen LogP contribution in [0.3, 0.4) is 0 Å². The van der Waals surface area contributed by atoms with Crippen molar-refractivity contribution >= 4 is 29.0 Å². The van der Waals surface area contributed by atoms with Crippen LogP contribution >= 0.6 is 11.6 Å². The summed E-state index contributed by atoms with van der Waals surface area (Å²) in [5.74, 6) is 0.563. The predicted molar refractivity (Wildman–Crippen MR) is 79.8 cm³/mol. The molecule has 0 radical (unpaired) electrons. The van der Waals surface area contributed by atoms with Crippen LogP contribution in [-0.2, 0) is 4.79 Å². The summed E-state index contributed by atoms with van der Waals surface area (Å²) < 4.78 is 0. The minimum Gasteiger partial charge on any atom is -0.363 e. The summed E-state index contributed by atoms with van der Waals surface area (Å²) in [5.41, 5.74) is 1.80. The zero-order valence-electron chi connectivity index (χ0n) is 11.2. The average molecular weight is 291 g/mol. The van der Waals surface area contributed by atoms with Crippen LogP contribution in [0.4, 0.5) is 11.5 Å². The molecule has 1 amide bonds. The molecule has 0 aliphatic carbocycles. The zero-order valence-corrected chi connectivity index (χ0v) is 12.0. The summed E-state index contributed by atoms with van der Waals surface area (Å²) in [6, 6.07) is 9.32. The molecule has 2 N–H and O–H groups in total. The monoisotopic (exact) mass is 290 g/mol. The molecule has 0 aliphatic heterocycles. The van der Waals surface area contributed by atoms with Gasteiger partial charge >= 0.3 is 0 Å². The molecular weight excluding hydrogens is 276 g/mol. The lowest BCUT2D eigenvalue weighted by atomic mass is 10.1. The third-order valence-corrected chi connectivity index (χ3v) is 2.91. The molecule has 0 aliphatic rings. The number of nitrogens with one attached hydrogen (secondary N) is 2.